The van der Waals surface area contributed by atoms with Crippen molar-refractivity contribution in [3.05, 3.63) is 0 Å². The van der Waals surface area contributed by atoms with Crippen molar-refractivity contribution in [1.82, 2.24) is 4.31 Å². The van der Waals surface area contributed by atoms with Crippen LogP contribution in [0.2, 0.25) is 0 Å². The molecule has 1 aliphatic heterocycles. The molecule has 1 aliphatic rings. The van der Waals surface area contributed by atoms with Gasteiger partial charge in [-0.3, -0.25) is 0 Å². The molecule has 1 heterocycles. The summed E-state index contributed by atoms with van der Waals surface area (Å²) in [5, 5.41) is 0. The molecule has 0 aliphatic carbocycles. The SMILES string of the molecule is O=S(=O)(C(F)F)N1CCCCC1. The zero-order valence-corrected chi connectivity index (χ0v) is 7.36. The fourth-order valence-corrected chi connectivity index (χ4v) is 2.22. The fraction of sp³-hybridized carbons (Fsp3) is 1.00. The molecular weight excluding hydrogens is 188 g/mol. The van der Waals surface area contributed by atoms with E-state index in [1.54, 1.807) is 0 Å². The number of nitrogens with zero attached hydrogens (tertiary/aromatic N) is 1. The van der Waals surface area contributed by atoms with Gasteiger partial charge in [0.25, 0.3) is 10.0 Å². The van der Waals surface area contributed by atoms with E-state index < -0.39 is 15.8 Å². The molecule has 0 amide bonds. The van der Waals surface area contributed by atoms with Gasteiger partial charge in [-0.15, -0.1) is 0 Å². The highest BCUT2D eigenvalue weighted by molar-refractivity contribution is 7.89. The first-order valence-corrected chi connectivity index (χ1v) is 5.32. The van der Waals surface area contributed by atoms with Crippen molar-refractivity contribution in [2.45, 2.75) is 25.0 Å². The summed E-state index contributed by atoms with van der Waals surface area (Å²) in [6.07, 6.45) is 2.30. The van der Waals surface area contributed by atoms with Gasteiger partial charge < -0.3 is 0 Å². The maximum Gasteiger partial charge on any atom is 0.350 e. The quantitative estimate of drug-likeness (QED) is 0.666. The molecule has 0 aromatic carbocycles. The summed E-state index contributed by atoms with van der Waals surface area (Å²) >= 11 is 0. The molecule has 0 unspecified atom stereocenters. The van der Waals surface area contributed by atoms with Gasteiger partial charge in [0.05, 0.1) is 0 Å². The van der Waals surface area contributed by atoms with Crippen LogP contribution in [0.3, 0.4) is 0 Å². The zero-order chi connectivity index (χ0) is 9.19. The second-order valence-corrected chi connectivity index (χ2v) is 4.67. The van der Waals surface area contributed by atoms with Crippen LogP contribution in [-0.2, 0) is 10.0 Å². The zero-order valence-electron chi connectivity index (χ0n) is 6.54. The van der Waals surface area contributed by atoms with Crippen LogP contribution in [0.1, 0.15) is 19.3 Å². The normalized spacial score (nSPS) is 21.6. The van der Waals surface area contributed by atoms with E-state index in [4.69, 9.17) is 0 Å². The first-order chi connectivity index (χ1) is 5.55. The predicted octanol–water partition coefficient (Wildman–Crippen LogP) is 1.02. The number of piperidine rings is 1. The van der Waals surface area contributed by atoms with Crippen LogP contribution in [-0.4, -0.2) is 31.6 Å². The average molecular weight is 199 g/mol. The third-order valence-electron chi connectivity index (χ3n) is 1.90. The van der Waals surface area contributed by atoms with E-state index in [9.17, 15) is 17.2 Å². The van der Waals surface area contributed by atoms with Crippen LogP contribution in [0.25, 0.3) is 0 Å². The highest BCUT2D eigenvalue weighted by Crippen LogP contribution is 2.17. The number of hydrogen-bond acceptors (Lipinski definition) is 2. The molecule has 0 aromatic rings. The second kappa shape index (κ2) is 3.66. The monoisotopic (exact) mass is 199 g/mol. The lowest BCUT2D eigenvalue weighted by atomic mass is 10.2. The van der Waals surface area contributed by atoms with Gasteiger partial charge in [0, 0.05) is 13.1 Å². The maximum absolute atomic E-state index is 12.0. The third kappa shape index (κ3) is 1.92. The van der Waals surface area contributed by atoms with Crippen molar-refractivity contribution in [1.29, 1.82) is 0 Å². The summed E-state index contributed by atoms with van der Waals surface area (Å²) in [7, 11) is -4.30. The predicted molar refractivity (Wildman–Crippen MR) is 40.3 cm³/mol. The van der Waals surface area contributed by atoms with Crippen molar-refractivity contribution >= 4 is 10.0 Å². The Balaban J connectivity index is 2.67. The first kappa shape index (κ1) is 9.85. The third-order valence-corrected chi connectivity index (χ3v) is 3.44. The van der Waals surface area contributed by atoms with Gasteiger partial charge >= 0.3 is 5.76 Å². The van der Waals surface area contributed by atoms with Gasteiger partial charge in [-0.25, -0.2) is 8.42 Å². The van der Waals surface area contributed by atoms with E-state index >= 15 is 0 Å². The Kier molecular flexibility index (Phi) is 3.00. The summed E-state index contributed by atoms with van der Waals surface area (Å²) < 4.78 is 46.5. The summed E-state index contributed by atoms with van der Waals surface area (Å²) in [4.78, 5) is 0. The van der Waals surface area contributed by atoms with Crippen LogP contribution in [0.15, 0.2) is 0 Å². The summed E-state index contributed by atoms with van der Waals surface area (Å²) in [5.74, 6) is -3.27. The maximum atomic E-state index is 12.0. The van der Waals surface area contributed by atoms with Gasteiger partial charge in [0.2, 0.25) is 0 Å². The summed E-state index contributed by atoms with van der Waals surface area (Å²) in [5.41, 5.74) is 0. The van der Waals surface area contributed by atoms with E-state index in [0.29, 0.717) is 12.8 Å². The molecule has 0 saturated carbocycles. The van der Waals surface area contributed by atoms with E-state index in [-0.39, 0.29) is 13.1 Å². The van der Waals surface area contributed by atoms with E-state index in [2.05, 4.69) is 0 Å². The molecule has 1 saturated heterocycles. The lowest BCUT2D eigenvalue weighted by molar-refractivity contribution is 0.213. The molecule has 0 bridgehead atoms. The van der Waals surface area contributed by atoms with Gasteiger partial charge in [0.15, 0.2) is 0 Å². The molecule has 72 valence electrons. The van der Waals surface area contributed by atoms with Crippen molar-refractivity contribution < 1.29 is 17.2 Å². The number of rotatable bonds is 2. The average Bonchev–Trinajstić information content (AvgIpc) is 2.06. The molecule has 6 heteroatoms. The van der Waals surface area contributed by atoms with Gasteiger partial charge in [-0.1, -0.05) is 6.42 Å². The molecule has 0 atom stereocenters. The van der Waals surface area contributed by atoms with Crippen molar-refractivity contribution in [3.63, 3.8) is 0 Å². The van der Waals surface area contributed by atoms with E-state index in [1.807, 2.05) is 0 Å². The Morgan fingerprint density at radius 1 is 1.08 bits per heavy atom. The van der Waals surface area contributed by atoms with Crippen LogP contribution in [0.5, 0.6) is 0 Å². The largest absolute Gasteiger partial charge is 0.350 e. The second-order valence-electron chi connectivity index (χ2n) is 2.77. The first-order valence-electron chi connectivity index (χ1n) is 3.82. The van der Waals surface area contributed by atoms with Crippen molar-refractivity contribution in [2.24, 2.45) is 0 Å². The van der Waals surface area contributed by atoms with E-state index in [1.165, 1.54) is 0 Å². The molecule has 0 spiro atoms. The highest BCUT2D eigenvalue weighted by Gasteiger charge is 2.32. The molecule has 3 nitrogen and oxygen atoms in total. The molecule has 1 fully saturated rings. The van der Waals surface area contributed by atoms with Gasteiger partial charge in [-0.05, 0) is 12.8 Å². The smallest absolute Gasteiger partial charge is 0.206 e. The topological polar surface area (TPSA) is 37.4 Å². The minimum atomic E-state index is -4.30. The fourth-order valence-electron chi connectivity index (χ4n) is 1.23. The highest BCUT2D eigenvalue weighted by atomic mass is 32.2. The lowest BCUT2D eigenvalue weighted by Crippen LogP contribution is -2.38. The number of hydrogen-bond donors (Lipinski definition) is 0. The van der Waals surface area contributed by atoms with Crippen LogP contribution in [0, 0.1) is 0 Å². The Labute approximate surface area is 70.4 Å². The molecular formula is C6H11F2NO2S. The van der Waals surface area contributed by atoms with Gasteiger partial charge in [-0.2, -0.15) is 13.1 Å². The number of sulfonamides is 1. The molecule has 0 N–H and O–H groups in total. The minimum absolute atomic E-state index is 0.243. The Morgan fingerprint density at radius 2 is 1.58 bits per heavy atom. The Bertz CT molecular complexity index is 234. The summed E-state index contributed by atoms with van der Waals surface area (Å²) in [6, 6.07) is 0. The standard InChI is InChI=1S/C6H11F2NO2S/c7-6(8)12(10,11)9-4-2-1-3-5-9/h6H,1-5H2. The van der Waals surface area contributed by atoms with Crippen LogP contribution < -0.4 is 0 Å². The molecule has 0 aromatic heterocycles. The molecule has 12 heavy (non-hydrogen) atoms. The van der Waals surface area contributed by atoms with Crippen LogP contribution >= 0.6 is 0 Å². The van der Waals surface area contributed by atoms with Gasteiger partial charge in [0.1, 0.15) is 0 Å². The van der Waals surface area contributed by atoms with Crippen LogP contribution in [0.4, 0.5) is 8.78 Å². The molecule has 0 radical (unpaired) electrons. The Hall–Kier alpha value is -0.230. The number of alkyl halides is 2. The summed E-state index contributed by atoms with van der Waals surface area (Å²) in [6.45, 7) is 0.485. The van der Waals surface area contributed by atoms with Crippen molar-refractivity contribution in [3.8, 4) is 0 Å². The van der Waals surface area contributed by atoms with Crippen molar-refractivity contribution in [2.75, 3.05) is 13.1 Å². The number of halogens is 2. The van der Waals surface area contributed by atoms with E-state index in [0.717, 1.165) is 10.7 Å². The molecule has 1 rings (SSSR count). The minimum Gasteiger partial charge on any atom is -0.206 e. The Morgan fingerprint density at radius 3 is 2.00 bits per heavy atom. The lowest BCUT2D eigenvalue weighted by Gasteiger charge is -2.25.